The number of halogens is 3. The SMILES string of the molecule is CNc1nc(C)cn1CCCCC(F)(F)F. The highest BCUT2D eigenvalue weighted by Crippen LogP contribution is 2.22. The highest BCUT2D eigenvalue weighted by molar-refractivity contribution is 5.27. The summed E-state index contributed by atoms with van der Waals surface area (Å²) in [5, 5.41) is 2.90. The van der Waals surface area contributed by atoms with Gasteiger partial charge in [-0.1, -0.05) is 0 Å². The standard InChI is InChI=1S/C10H16F3N3/c1-8-7-16(9(14-2)15-8)6-4-3-5-10(11,12)13/h7H,3-6H2,1-2H3,(H,14,15). The molecule has 0 spiro atoms. The zero-order chi connectivity index (χ0) is 12.2. The van der Waals surface area contributed by atoms with Gasteiger partial charge in [0.2, 0.25) is 5.95 Å². The van der Waals surface area contributed by atoms with Crippen LogP contribution in [0.15, 0.2) is 6.20 Å². The molecule has 0 atom stereocenters. The molecule has 16 heavy (non-hydrogen) atoms. The number of nitrogens with one attached hydrogen (secondary N) is 1. The summed E-state index contributed by atoms with van der Waals surface area (Å²) in [6, 6.07) is 0. The molecule has 1 aromatic rings. The van der Waals surface area contributed by atoms with Gasteiger partial charge in [-0.05, 0) is 19.8 Å². The maximum Gasteiger partial charge on any atom is 0.389 e. The van der Waals surface area contributed by atoms with Crippen LogP contribution in [0.2, 0.25) is 0 Å². The van der Waals surface area contributed by atoms with Gasteiger partial charge in [0.1, 0.15) is 0 Å². The van der Waals surface area contributed by atoms with Crippen molar-refractivity contribution in [3.8, 4) is 0 Å². The Kier molecular flexibility index (Phi) is 4.20. The van der Waals surface area contributed by atoms with Crippen molar-refractivity contribution in [2.24, 2.45) is 0 Å². The first-order chi connectivity index (χ1) is 7.42. The molecule has 0 bridgehead atoms. The topological polar surface area (TPSA) is 29.9 Å². The van der Waals surface area contributed by atoms with Crippen LogP contribution in [0.4, 0.5) is 19.1 Å². The third-order valence-electron chi connectivity index (χ3n) is 2.23. The van der Waals surface area contributed by atoms with E-state index in [0.29, 0.717) is 18.9 Å². The lowest BCUT2D eigenvalue weighted by molar-refractivity contribution is -0.135. The number of aromatic nitrogens is 2. The molecule has 3 nitrogen and oxygen atoms in total. The molecule has 0 aliphatic heterocycles. The first-order valence-corrected chi connectivity index (χ1v) is 5.20. The summed E-state index contributed by atoms with van der Waals surface area (Å²) in [5.74, 6) is 0.699. The van der Waals surface area contributed by atoms with E-state index in [0.717, 1.165) is 5.69 Å². The van der Waals surface area contributed by atoms with Gasteiger partial charge in [-0.3, -0.25) is 0 Å². The molecule has 0 aliphatic carbocycles. The van der Waals surface area contributed by atoms with Crippen molar-refractivity contribution in [2.75, 3.05) is 12.4 Å². The van der Waals surface area contributed by atoms with Crippen molar-refractivity contribution >= 4 is 5.95 Å². The van der Waals surface area contributed by atoms with Crippen LogP contribution < -0.4 is 5.32 Å². The molecule has 6 heteroatoms. The average molecular weight is 235 g/mol. The van der Waals surface area contributed by atoms with Crippen LogP contribution in [0.3, 0.4) is 0 Å². The van der Waals surface area contributed by atoms with E-state index in [-0.39, 0.29) is 6.42 Å². The molecule has 0 unspecified atom stereocenters. The van der Waals surface area contributed by atoms with Crippen LogP contribution in [0, 0.1) is 6.92 Å². The van der Waals surface area contributed by atoms with Crippen LogP contribution in [-0.4, -0.2) is 22.8 Å². The minimum Gasteiger partial charge on any atom is -0.359 e. The Bertz CT molecular complexity index is 331. The molecule has 0 saturated heterocycles. The lowest BCUT2D eigenvalue weighted by Crippen LogP contribution is -2.08. The molecule has 0 aliphatic rings. The number of alkyl halides is 3. The highest BCUT2D eigenvalue weighted by atomic mass is 19.4. The molecule has 0 aromatic carbocycles. The number of anilines is 1. The molecular weight excluding hydrogens is 219 g/mol. The van der Waals surface area contributed by atoms with Crippen molar-refractivity contribution in [1.82, 2.24) is 9.55 Å². The summed E-state index contributed by atoms with van der Waals surface area (Å²) < 4.78 is 37.5. The molecule has 0 fully saturated rings. The van der Waals surface area contributed by atoms with Crippen LogP contribution in [0.1, 0.15) is 25.0 Å². The molecule has 1 rings (SSSR count). The van der Waals surface area contributed by atoms with Crippen LogP contribution in [0.5, 0.6) is 0 Å². The largest absolute Gasteiger partial charge is 0.389 e. The first kappa shape index (κ1) is 12.9. The average Bonchev–Trinajstić information content (AvgIpc) is 2.52. The van der Waals surface area contributed by atoms with Crippen molar-refractivity contribution < 1.29 is 13.2 Å². The number of hydrogen-bond acceptors (Lipinski definition) is 2. The second-order valence-corrected chi connectivity index (χ2v) is 3.72. The Morgan fingerprint density at radius 3 is 2.62 bits per heavy atom. The van der Waals surface area contributed by atoms with E-state index >= 15 is 0 Å². The zero-order valence-electron chi connectivity index (χ0n) is 9.43. The van der Waals surface area contributed by atoms with Gasteiger partial charge in [0.15, 0.2) is 0 Å². The number of nitrogens with zero attached hydrogens (tertiary/aromatic N) is 2. The predicted octanol–water partition coefficient (Wildman–Crippen LogP) is 2.97. The Balaban J connectivity index is 2.37. The molecule has 0 saturated carbocycles. The fourth-order valence-electron chi connectivity index (χ4n) is 1.52. The third kappa shape index (κ3) is 4.12. The molecule has 0 amide bonds. The maximum absolute atomic E-state index is 11.9. The summed E-state index contributed by atoms with van der Waals surface area (Å²) in [6.45, 7) is 2.42. The number of unbranched alkanes of at least 4 members (excludes halogenated alkanes) is 1. The van der Waals surface area contributed by atoms with E-state index in [2.05, 4.69) is 10.3 Å². The van der Waals surface area contributed by atoms with Gasteiger partial charge < -0.3 is 9.88 Å². The van der Waals surface area contributed by atoms with E-state index < -0.39 is 12.6 Å². The minimum atomic E-state index is -4.04. The fourth-order valence-corrected chi connectivity index (χ4v) is 1.52. The molecule has 1 heterocycles. The fraction of sp³-hybridized carbons (Fsp3) is 0.700. The van der Waals surface area contributed by atoms with E-state index in [1.165, 1.54) is 0 Å². The smallest absolute Gasteiger partial charge is 0.359 e. The van der Waals surface area contributed by atoms with E-state index in [1.54, 1.807) is 7.05 Å². The summed E-state index contributed by atoms with van der Waals surface area (Å²) in [5.41, 5.74) is 0.861. The normalized spacial score (nSPS) is 11.8. The molecule has 92 valence electrons. The monoisotopic (exact) mass is 235 g/mol. The van der Waals surface area contributed by atoms with Crippen LogP contribution >= 0.6 is 0 Å². The Hall–Kier alpha value is -1.20. The summed E-state index contributed by atoms with van der Waals surface area (Å²) in [6.07, 6.45) is -2.26. The first-order valence-electron chi connectivity index (χ1n) is 5.20. The van der Waals surface area contributed by atoms with Crippen molar-refractivity contribution in [2.45, 2.75) is 38.9 Å². The van der Waals surface area contributed by atoms with E-state index in [1.807, 2.05) is 17.7 Å². The minimum absolute atomic E-state index is 0.157. The van der Waals surface area contributed by atoms with Crippen LogP contribution in [0.25, 0.3) is 0 Å². The van der Waals surface area contributed by atoms with E-state index in [4.69, 9.17) is 0 Å². The zero-order valence-corrected chi connectivity index (χ0v) is 9.43. The highest BCUT2D eigenvalue weighted by Gasteiger charge is 2.25. The van der Waals surface area contributed by atoms with Gasteiger partial charge in [-0.25, -0.2) is 4.98 Å². The van der Waals surface area contributed by atoms with Gasteiger partial charge in [-0.15, -0.1) is 0 Å². The predicted molar refractivity (Wildman–Crippen MR) is 56.4 cm³/mol. The second kappa shape index (κ2) is 5.23. The summed E-state index contributed by atoms with van der Waals surface area (Å²) in [7, 11) is 1.74. The Labute approximate surface area is 92.7 Å². The third-order valence-corrected chi connectivity index (χ3v) is 2.23. The van der Waals surface area contributed by atoms with Gasteiger partial charge in [0, 0.05) is 26.2 Å². The van der Waals surface area contributed by atoms with Gasteiger partial charge >= 0.3 is 6.18 Å². The number of rotatable bonds is 5. The van der Waals surface area contributed by atoms with Crippen LogP contribution in [-0.2, 0) is 6.54 Å². The summed E-state index contributed by atoms with van der Waals surface area (Å²) >= 11 is 0. The lowest BCUT2D eigenvalue weighted by Gasteiger charge is -2.08. The number of imidazole rings is 1. The molecular formula is C10H16F3N3. The quantitative estimate of drug-likeness (QED) is 0.795. The van der Waals surface area contributed by atoms with Crippen molar-refractivity contribution in [3.05, 3.63) is 11.9 Å². The van der Waals surface area contributed by atoms with Gasteiger partial charge in [-0.2, -0.15) is 13.2 Å². The molecule has 0 radical (unpaired) electrons. The number of hydrogen-bond donors (Lipinski definition) is 1. The summed E-state index contributed by atoms with van der Waals surface area (Å²) in [4.78, 5) is 4.19. The maximum atomic E-state index is 11.9. The van der Waals surface area contributed by atoms with Crippen molar-refractivity contribution in [3.63, 3.8) is 0 Å². The Morgan fingerprint density at radius 2 is 2.06 bits per heavy atom. The van der Waals surface area contributed by atoms with Crippen molar-refractivity contribution in [1.29, 1.82) is 0 Å². The molecule has 1 N–H and O–H groups in total. The second-order valence-electron chi connectivity index (χ2n) is 3.72. The van der Waals surface area contributed by atoms with Gasteiger partial charge in [0.05, 0.1) is 5.69 Å². The van der Waals surface area contributed by atoms with Gasteiger partial charge in [0.25, 0.3) is 0 Å². The number of aryl methyl sites for hydroxylation is 2. The van der Waals surface area contributed by atoms with E-state index in [9.17, 15) is 13.2 Å². The Morgan fingerprint density at radius 1 is 1.38 bits per heavy atom. The molecule has 1 aromatic heterocycles. The lowest BCUT2D eigenvalue weighted by atomic mass is 10.2.